The van der Waals surface area contributed by atoms with Crippen LogP contribution in [-0.2, 0) is 4.79 Å². The first kappa shape index (κ1) is 9.88. The van der Waals surface area contributed by atoms with Crippen LogP contribution in [0.3, 0.4) is 0 Å². The average Bonchev–Trinajstić information content (AvgIpc) is 2.71. The van der Waals surface area contributed by atoms with E-state index in [1.165, 1.54) is 38.6 Å². The number of likely N-dealkylation sites (tertiary alicyclic amines) is 1. The molecule has 2 fully saturated rings. The Morgan fingerprint density at radius 2 is 1.93 bits per heavy atom. The molecule has 1 aliphatic carbocycles. The molecule has 14 heavy (non-hydrogen) atoms. The molecule has 0 aromatic carbocycles. The highest BCUT2D eigenvalue weighted by molar-refractivity contribution is 5.33. The number of hydrogen-bond donors (Lipinski definition) is 0. The lowest BCUT2D eigenvalue weighted by Gasteiger charge is -2.34. The van der Waals surface area contributed by atoms with E-state index < -0.39 is 0 Å². The quantitative estimate of drug-likeness (QED) is 0.495. The fraction of sp³-hybridized carbons (Fsp3) is 0.909. The van der Waals surface area contributed by atoms with Crippen LogP contribution in [0.1, 0.15) is 38.5 Å². The minimum absolute atomic E-state index is 0.224. The van der Waals surface area contributed by atoms with Crippen LogP contribution in [0.4, 0.5) is 0 Å². The zero-order chi connectivity index (χ0) is 9.80. The Bertz CT molecular complexity index is 229. The van der Waals surface area contributed by atoms with E-state index in [4.69, 9.17) is 0 Å². The van der Waals surface area contributed by atoms with Crippen molar-refractivity contribution in [2.45, 2.75) is 50.6 Å². The summed E-state index contributed by atoms with van der Waals surface area (Å²) in [5.41, 5.74) is 0. The molecule has 1 aliphatic heterocycles. The largest absolute Gasteiger partial charge is 0.298 e. The molecule has 0 spiro atoms. The van der Waals surface area contributed by atoms with Gasteiger partial charge in [-0.05, 0) is 32.2 Å². The highest BCUT2D eigenvalue weighted by Gasteiger charge is 2.27. The maximum absolute atomic E-state index is 10.2. The molecule has 0 N–H and O–H groups in total. The summed E-state index contributed by atoms with van der Waals surface area (Å²) >= 11 is 0. The molecule has 3 nitrogen and oxygen atoms in total. The third kappa shape index (κ3) is 2.23. The van der Waals surface area contributed by atoms with Crippen LogP contribution < -0.4 is 0 Å². The van der Waals surface area contributed by atoms with Gasteiger partial charge in [-0.3, -0.25) is 4.90 Å². The van der Waals surface area contributed by atoms with Gasteiger partial charge in [0, 0.05) is 12.6 Å². The highest BCUT2D eigenvalue weighted by atomic mass is 16.1. The fourth-order valence-electron chi connectivity index (χ4n) is 2.76. The first-order valence-corrected chi connectivity index (χ1v) is 5.71. The lowest BCUT2D eigenvalue weighted by Crippen LogP contribution is -2.43. The van der Waals surface area contributed by atoms with Gasteiger partial charge in [-0.25, -0.2) is 9.79 Å². The predicted octanol–water partition coefficient (Wildman–Crippen LogP) is 1.73. The summed E-state index contributed by atoms with van der Waals surface area (Å²) in [7, 11) is 0. The van der Waals surface area contributed by atoms with Crippen molar-refractivity contribution in [3.63, 3.8) is 0 Å². The van der Waals surface area contributed by atoms with E-state index in [-0.39, 0.29) is 6.04 Å². The van der Waals surface area contributed by atoms with Gasteiger partial charge < -0.3 is 0 Å². The number of isocyanates is 1. The van der Waals surface area contributed by atoms with Crippen molar-refractivity contribution in [3.05, 3.63) is 0 Å². The topological polar surface area (TPSA) is 32.7 Å². The molecule has 0 bridgehead atoms. The molecule has 2 rings (SSSR count). The van der Waals surface area contributed by atoms with E-state index in [1.807, 2.05) is 0 Å². The lowest BCUT2D eigenvalue weighted by atomic mass is 10.0. The van der Waals surface area contributed by atoms with Crippen LogP contribution in [0, 0.1) is 0 Å². The maximum Gasteiger partial charge on any atom is 0.235 e. The van der Waals surface area contributed by atoms with Gasteiger partial charge in [0.05, 0.1) is 6.04 Å². The number of carbonyl (C=O) groups excluding carboxylic acids is 1. The third-order valence-corrected chi connectivity index (χ3v) is 3.50. The molecule has 1 saturated heterocycles. The average molecular weight is 194 g/mol. The molecular formula is C11H18N2O. The molecule has 0 aromatic heterocycles. The van der Waals surface area contributed by atoms with E-state index in [0.29, 0.717) is 0 Å². The van der Waals surface area contributed by atoms with E-state index >= 15 is 0 Å². The van der Waals surface area contributed by atoms with Crippen molar-refractivity contribution >= 4 is 6.08 Å². The second-order valence-electron chi connectivity index (χ2n) is 4.45. The predicted molar refractivity (Wildman–Crippen MR) is 55.0 cm³/mol. The SMILES string of the molecule is O=C=NC1CCCN(C2CCCC2)C1. The molecule has 1 heterocycles. The normalized spacial score (nSPS) is 30.1. The standard InChI is InChI=1S/C11H18N2O/c14-9-12-10-4-3-7-13(8-10)11-5-1-2-6-11/h10-11H,1-8H2. The van der Waals surface area contributed by atoms with Crippen LogP contribution in [-0.4, -0.2) is 36.2 Å². The van der Waals surface area contributed by atoms with E-state index in [2.05, 4.69) is 9.89 Å². The molecule has 2 aliphatic rings. The number of nitrogens with zero attached hydrogens (tertiary/aromatic N) is 2. The Morgan fingerprint density at radius 3 is 2.64 bits per heavy atom. The van der Waals surface area contributed by atoms with E-state index in [1.54, 1.807) is 6.08 Å². The van der Waals surface area contributed by atoms with E-state index in [9.17, 15) is 4.79 Å². The molecular weight excluding hydrogens is 176 g/mol. The first-order valence-electron chi connectivity index (χ1n) is 5.71. The Kier molecular flexibility index (Phi) is 3.33. The Balaban J connectivity index is 1.89. The number of aliphatic imine (C=N–C) groups is 1. The van der Waals surface area contributed by atoms with Crippen LogP contribution >= 0.6 is 0 Å². The monoisotopic (exact) mass is 194 g/mol. The second-order valence-corrected chi connectivity index (χ2v) is 4.45. The third-order valence-electron chi connectivity index (χ3n) is 3.50. The Labute approximate surface area is 85.2 Å². The molecule has 0 radical (unpaired) electrons. The second kappa shape index (κ2) is 4.72. The van der Waals surface area contributed by atoms with Gasteiger partial charge in [-0.1, -0.05) is 12.8 Å². The first-order chi connectivity index (χ1) is 6.90. The molecule has 0 amide bonds. The molecule has 78 valence electrons. The van der Waals surface area contributed by atoms with Gasteiger partial charge in [0.15, 0.2) is 0 Å². The number of hydrogen-bond acceptors (Lipinski definition) is 3. The Hall–Kier alpha value is -0.660. The van der Waals surface area contributed by atoms with E-state index in [0.717, 1.165) is 19.0 Å². The minimum atomic E-state index is 0.224. The van der Waals surface area contributed by atoms with Crippen molar-refractivity contribution in [3.8, 4) is 0 Å². The summed E-state index contributed by atoms with van der Waals surface area (Å²) in [4.78, 5) is 16.6. The van der Waals surface area contributed by atoms with Crippen LogP contribution in [0.15, 0.2) is 4.99 Å². The number of piperidine rings is 1. The van der Waals surface area contributed by atoms with Crippen LogP contribution in [0.25, 0.3) is 0 Å². The van der Waals surface area contributed by atoms with Crippen LogP contribution in [0.2, 0.25) is 0 Å². The summed E-state index contributed by atoms with van der Waals surface area (Å²) < 4.78 is 0. The van der Waals surface area contributed by atoms with Gasteiger partial charge >= 0.3 is 0 Å². The van der Waals surface area contributed by atoms with Crippen molar-refractivity contribution in [1.82, 2.24) is 4.90 Å². The fourth-order valence-corrected chi connectivity index (χ4v) is 2.76. The summed E-state index contributed by atoms with van der Waals surface area (Å²) in [6, 6.07) is 1.00. The summed E-state index contributed by atoms with van der Waals surface area (Å²) in [5.74, 6) is 0. The zero-order valence-electron chi connectivity index (χ0n) is 8.61. The molecule has 0 aromatic rings. The molecule has 1 unspecified atom stereocenters. The zero-order valence-corrected chi connectivity index (χ0v) is 8.61. The molecule has 1 atom stereocenters. The van der Waals surface area contributed by atoms with Gasteiger partial charge in [-0.2, -0.15) is 0 Å². The van der Waals surface area contributed by atoms with Crippen molar-refractivity contribution < 1.29 is 4.79 Å². The maximum atomic E-state index is 10.2. The number of rotatable bonds is 2. The van der Waals surface area contributed by atoms with Crippen molar-refractivity contribution in [2.75, 3.05) is 13.1 Å². The van der Waals surface area contributed by atoms with Crippen molar-refractivity contribution in [1.29, 1.82) is 0 Å². The van der Waals surface area contributed by atoms with Crippen molar-refractivity contribution in [2.24, 2.45) is 4.99 Å². The lowest BCUT2D eigenvalue weighted by molar-refractivity contribution is 0.152. The molecule has 3 heteroatoms. The van der Waals surface area contributed by atoms with Crippen LogP contribution in [0.5, 0.6) is 0 Å². The summed E-state index contributed by atoms with van der Waals surface area (Å²) in [6.45, 7) is 2.19. The Morgan fingerprint density at radius 1 is 1.14 bits per heavy atom. The van der Waals surface area contributed by atoms with Gasteiger partial charge in [0.25, 0.3) is 0 Å². The summed E-state index contributed by atoms with van der Waals surface area (Å²) in [5, 5.41) is 0. The minimum Gasteiger partial charge on any atom is -0.298 e. The summed E-state index contributed by atoms with van der Waals surface area (Å²) in [6.07, 6.45) is 9.40. The van der Waals surface area contributed by atoms with Gasteiger partial charge in [-0.15, -0.1) is 0 Å². The highest BCUT2D eigenvalue weighted by Crippen LogP contribution is 2.26. The van der Waals surface area contributed by atoms with Gasteiger partial charge in [0.1, 0.15) is 0 Å². The smallest absolute Gasteiger partial charge is 0.235 e. The van der Waals surface area contributed by atoms with Gasteiger partial charge in [0.2, 0.25) is 6.08 Å². The molecule has 1 saturated carbocycles.